The Kier molecular flexibility index (Phi) is 7.57. The lowest BCUT2D eigenvalue weighted by Crippen LogP contribution is -2.40. The van der Waals surface area contributed by atoms with Gasteiger partial charge in [-0.3, -0.25) is 9.32 Å². The van der Waals surface area contributed by atoms with E-state index in [0.717, 1.165) is 19.3 Å². The summed E-state index contributed by atoms with van der Waals surface area (Å²) in [5.74, 6) is 0.352. The van der Waals surface area contributed by atoms with Crippen molar-refractivity contribution in [3.8, 4) is 5.75 Å². The molecule has 4 N–H and O–H groups in total. The molecule has 1 saturated carbocycles. The summed E-state index contributed by atoms with van der Waals surface area (Å²) in [6.45, 7) is 3.92. The molecule has 0 spiro atoms. The zero-order valence-electron chi connectivity index (χ0n) is 19.2. The second kappa shape index (κ2) is 10.6. The number of rotatable bonds is 11. The Morgan fingerprint density at radius 2 is 2.03 bits per heavy atom. The first kappa shape index (κ1) is 24.3. The van der Waals surface area contributed by atoms with Crippen molar-refractivity contribution in [3.05, 3.63) is 43.0 Å². The van der Waals surface area contributed by atoms with E-state index >= 15 is 0 Å². The van der Waals surface area contributed by atoms with Gasteiger partial charge in [-0.2, -0.15) is 4.89 Å². The van der Waals surface area contributed by atoms with E-state index in [1.165, 1.54) is 6.33 Å². The fourth-order valence-electron chi connectivity index (χ4n) is 3.45. The number of carbonyl (C=O) groups excluding carboxylic acids is 1. The molecule has 1 aromatic carbocycles. The molecule has 0 saturated heterocycles. The molecule has 1 aliphatic rings. The minimum absolute atomic E-state index is 0.0441. The zero-order chi connectivity index (χ0) is 24.1. The minimum Gasteiger partial charge on any atom is -0.461 e. The molecule has 3 atom stereocenters. The van der Waals surface area contributed by atoms with Gasteiger partial charge in [-0.1, -0.05) is 18.2 Å². The third-order valence-electron chi connectivity index (χ3n) is 5.50. The van der Waals surface area contributed by atoms with Crippen LogP contribution in [0.3, 0.4) is 0 Å². The number of nitrogens with two attached hydrogens (primary N) is 1. The van der Waals surface area contributed by atoms with E-state index in [1.807, 2.05) is 13.0 Å². The number of anilines is 1. The lowest BCUT2D eigenvalue weighted by atomic mass is 9.96. The lowest BCUT2D eigenvalue weighted by Gasteiger charge is -2.28. The summed E-state index contributed by atoms with van der Waals surface area (Å²) in [7, 11) is -3.38. The molecule has 1 unspecified atom stereocenters. The van der Waals surface area contributed by atoms with E-state index < -0.39 is 19.9 Å². The number of hydrogen-bond acceptors (Lipinski definition) is 10. The number of nitrogen functional groups attached to an aromatic ring is 1. The Morgan fingerprint density at radius 3 is 2.74 bits per heavy atom. The maximum Gasteiger partial charge on any atom is 0.418 e. The molecule has 1 aliphatic carbocycles. The standard InChI is InChI=1S/C22H30N6O5P/c1-15(11-28-13-26-19-20(23)24-12-25-21(19)28)31-14-34(30,33-18-7-4-3-5-8-18)27-16(2)22(29)32-17-9-6-10-17/h3-5,7-8,12-13,15-17,27,30H,6,9-11,14H2,1-2H3,(H2,23,24,25)/q+1/t15-,16+,34?/m1/s1. The molecule has 1 fully saturated rings. The Hall–Kier alpha value is -2.85. The number of fused-ring (bicyclic) bond motifs is 1. The summed E-state index contributed by atoms with van der Waals surface area (Å²) in [5.41, 5.74) is 6.97. The number of esters is 1. The number of nitrogens with one attached hydrogen (secondary N) is 1. The third kappa shape index (κ3) is 5.98. The molecule has 182 valence electrons. The van der Waals surface area contributed by atoms with Crippen molar-refractivity contribution < 1.29 is 23.7 Å². The summed E-state index contributed by atoms with van der Waals surface area (Å²) in [5, 5.41) is 2.94. The lowest BCUT2D eigenvalue weighted by molar-refractivity contribution is -0.154. The van der Waals surface area contributed by atoms with Gasteiger partial charge in [-0.05, 0) is 45.2 Å². The molecule has 11 nitrogen and oxygen atoms in total. The number of carbonyl (C=O) groups is 1. The van der Waals surface area contributed by atoms with Gasteiger partial charge in [0.25, 0.3) is 0 Å². The van der Waals surface area contributed by atoms with Crippen LogP contribution in [-0.2, 0) is 20.8 Å². The largest absolute Gasteiger partial charge is 0.461 e. The highest BCUT2D eigenvalue weighted by Crippen LogP contribution is 2.52. The van der Waals surface area contributed by atoms with E-state index in [-0.39, 0.29) is 18.6 Å². The number of hydrogen-bond donors (Lipinski definition) is 3. The molecule has 0 aliphatic heterocycles. The van der Waals surface area contributed by atoms with Crippen LogP contribution in [0.2, 0.25) is 0 Å². The first-order chi connectivity index (χ1) is 16.3. The van der Waals surface area contributed by atoms with Crippen LogP contribution in [0.15, 0.2) is 43.0 Å². The van der Waals surface area contributed by atoms with Crippen LogP contribution in [0.4, 0.5) is 5.82 Å². The van der Waals surface area contributed by atoms with Crippen LogP contribution >= 0.6 is 7.87 Å². The summed E-state index contributed by atoms with van der Waals surface area (Å²) in [6.07, 6.45) is 5.28. The summed E-state index contributed by atoms with van der Waals surface area (Å²) < 4.78 is 19.1. The van der Waals surface area contributed by atoms with Gasteiger partial charge in [0.05, 0.1) is 19.0 Å². The first-order valence-electron chi connectivity index (χ1n) is 11.2. The van der Waals surface area contributed by atoms with Gasteiger partial charge >= 0.3 is 13.8 Å². The summed E-state index contributed by atoms with van der Waals surface area (Å²) >= 11 is 0. The zero-order valence-corrected chi connectivity index (χ0v) is 20.1. The van der Waals surface area contributed by atoms with Crippen molar-refractivity contribution in [1.29, 1.82) is 0 Å². The normalized spacial score (nSPS) is 17.5. The molecule has 12 heteroatoms. The molecule has 2 heterocycles. The van der Waals surface area contributed by atoms with Crippen LogP contribution < -0.4 is 15.3 Å². The smallest absolute Gasteiger partial charge is 0.418 e. The SMILES string of the molecule is C[C@H](Cn1cnc2c(N)ncnc21)OC[P+](O)(N[C@@H](C)C(=O)OC1CCC1)Oc1ccccc1. The molecule has 0 radical (unpaired) electrons. The van der Waals surface area contributed by atoms with Crippen LogP contribution in [0, 0.1) is 0 Å². The van der Waals surface area contributed by atoms with Crippen LogP contribution in [0.5, 0.6) is 5.75 Å². The molecule has 2 aromatic heterocycles. The monoisotopic (exact) mass is 489 g/mol. The molecular weight excluding hydrogens is 459 g/mol. The predicted octanol–water partition coefficient (Wildman–Crippen LogP) is 2.68. The topological polar surface area (TPSA) is 147 Å². The number of nitrogens with zero attached hydrogens (tertiary/aromatic N) is 4. The number of imidazole rings is 1. The molecule has 0 amide bonds. The van der Waals surface area contributed by atoms with E-state index in [4.69, 9.17) is 19.7 Å². The molecular formula is C22H30N6O5P+. The van der Waals surface area contributed by atoms with Gasteiger partial charge in [0, 0.05) is 0 Å². The van der Waals surface area contributed by atoms with Crippen molar-refractivity contribution >= 4 is 30.8 Å². The fourth-order valence-corrected chi connectivity index (χ4v) is 5.26. The maximum absolute atomic E-state index is 12.5. The van der Waals surface area contributed by atoms with Gasteiger partial charge in [0.1, 0.15) is 24.0 Å². The Balaban J connectivity index is 1.41. The number of aromatic nitrogens is 4. The average molecular weight is 489 g/mol. The maximum atomic E-state index is 12.5. The minimum atomic E-state index is -3.38. The molecule has 4 rings (SSSR count). The second-order valence-electron chi connectivity index (χ2n) is 8.38. The quantitative estimate of drug-likeness (QED) is 0.271. The Bertz CT molecular complexity index is 1110. The Morgan fingerprint density at radius 1 is 1.26 bits per heavy atom. The van der Waals surface area contributed by atoms with Crippen molar-refractivity contribution in [2.24, 2.45) is 0 Å². The third-order valence-corrected chi connectivity index (χ3v) is 7.30. The molecule has 0 bridgehead atoms. The van der Waals surface area contributed by atoms with Gasteiger partial charge in [-0.15, -0.1) is 5.09 Å². The highest BCUT2D eigenvalue weighted by atomic mass is 31.2. The highest BCUT2D eigenvalue weighted by Gasteiger charge is 2.45. The Labute approximate surface area is 198 Å². The van der Waals surface area contributed by atoms with E-state index in [1.54, 1.807) is 42.1 Å². The van der Waals surface area contributed by atoms with E-state index in [9.17, 15) is 9.69 Å². The number of benzene rings is 1. The van der Waals surface area contributed by atoms with Gasteiger partial charge in [0.2, 0.25) is 6.35 Å². The van der Waals surface area contributed by atoms with Crippen LogP contribution in [0.25, 0.3) is 11.2 Å². The van der Waals surface area contributed by atoms with Crippen molar-refractivity contribution in [3.63, 3.8) is 0 Å². The van der Waals surface area contributed by atoms with Gasteiger partial charge < -0.3 is 19.8 Å². The highest BCUT2D eigenvalue weighted by molar-refractivity contribution is 7.63. The van der Waals surface area contributed by atoms with Crippen molar-refractivity contribution in [2.75, 3.05) is 12.1 Å². The number of ether oxygens (including phenoxy) is 2. The van der Waals surface area contributed by atoms with Gasteiger partial charge in [0.15, 0.2) is 17.2 Å². The molecule has 34 heavy (non-hydrogen) atoms. The second-order valence-corrected chi connectivity index (χ2v) is 10.5. The first-order valence-corrected chi connectivity index (χ1v) is 13.0. The van der Waals surface area contributed by atoms with Crippen molar-refractivity contribution in [2.45, 2.75) is 57.9 Å². The van der Waals surface area contributed by atoms with E-state index in [0.29, 0.717) is 29.3 Å². The van der Waals surface area contributed by atoms with Crippen molar-refractivity contribution in [1.82, 2.24) is 24.6 Å². The molecule has 3 aromatic rings. The number of para-hydroxylation sites is 1. The summed E-state index contributed by atoms with van der Waals surface area (Å²) in [6, 6.07) is 8.15. The average Bonchev–Trinajstić information content (AvgIpc) is 3.19. The fraction of sp³-hybridized carbons (Fsp3) is 0.455. The predicted molar refractivity (Wildman–Crippen MR) is 128 cm³/mol. The van der Waals surface area contributed by atoms with Gasteiger partial charge in [-0.25, -0.2) is 15.0 Å². The van der Waals surface area contributed by atoms with Crippen LogP contribution in [0.1, 0.15) is 33.1 Å². The van der Waals surface area contributed by atoms with Crippen LogP contribution in [-0.4, -0.2) is 55.0 Å². The summed E-state index contributed by atoms with van der Waals surface area (Å²) in [4.78, 5) is 36.3. The van der Waals surface area contributed by atoms with E-state index in [2.05, 4.69) is 20.0 Å².